The van der Waals surface area contributed by atoms with E-state index < -0.39 is 0 Å². The summed E-state index contributed by atoms with van der Waals surface area (Å²) >= 11 is 7.84. The van der Waals surface area contributed by atoms with E-state index in [1.807, 2.05) is 12.1 Å². The molecule has 3 aliphatic rings. The third-order valence-electron chi connectivity index (χ3n) is 6.32. The Bertz CT molecular complexity index is 1010. The van der Waals surface area contributed by atoms with Gasteiger partial charge in [0, 0.05) is 29.4 Å². The summed E-state index contributed by atoms with van der Waals surface area (Å²) in [6.45, 7) is 3.10. The van der Waals surface area contributed by atoms with E-state index >= 15 is 0 Å². The van der Waals surface area contributed by atoms with Crippen molar-refractivity contribution in [3.05, 3.63) is 28.9 Å². The zero-order chi connectivity index (χ0) is 20.9. The molecule has 1 atom stereocenters. The first-order chi connectivity index (χ1) is 14.4. The molecule has 158 valence electrons. The molecule has 3 aliphatic heterocycles. The number of nitrogens with one attached hydrogen (secondary N) is 1. The lowest BCUT2D eigenvalue weighted by molar-refractivity contribution is -0.115. The first kappa shape index (κ1) is 19.9. The van der Waals surface area contributed by atoms with Crippen LogP contribution in [-0.4, -0.2) is 48.2 Å². The van der Waals surface area contributed by atoms with Crippen LogP contribution in [0.2, 0.25) is 5.02 Å². The second-order valence-corrected chi connectivity index (χ2v) is 9.54. The van der Waals surface area contributed by atoms with E-state index in [1.54, 1.807) is 6.20 Å². The summed E-state index contributed by atoms with van der Waals surface area (Å²) in [7, 11) is 0. The Morgan fingerprint density at radius 3 is 2.83 bits per heavy atom. The van der Waals surface area contributed by atoms with Gasteiger partial charge in [0.15, 0.2) is 5.82 Å². The average molecular weight is 447 g/mol. The number of ether oxygens (including phenoxy) is 1. The van der Waals surface area contributed by atoms with Gasteiger partial charge in [0.2, 0.25) is 5.91 Å². The third-order valence-corrected chi connectivity index (χ3v) is 7.90. The average Bonchev–Trinajstić information content (AvgIpc) is 3.29. The molecule has 5 N–H and O–H groups in total. The maximum Gasteiger partial charge on any atom is 0.228 e. The van der Waals surface area contributed by atoms with Crippen LogP contribution in [0.15, 0.2) is 28.3 Å². The van der Waals surface area contributed by atoms with Crippen LogP contribution in [0.4, 0.5) is 17.3 Å². The number of amides is 1. The summed E-state index contributed by atoms with van der Waals surface area (Å²) in [5.41, 5.74) is 14.2. The molecular weight excluding hydrogens is 424 g/mol. The van der Waals surface area contributed by atoms with Crippen molar-refractivity contribution in [2.75, 3.05) is 42.3 Å². The van der Waals surface area contributed by atoms with E-state index in [9.17, 15) is 4.79 Å². The first-order valence-electron chi connectivity index (χ1n) is 9.95. The zero-order valence-corrected chi connectivity index (χ0v) is 17.9. The van der Waals surface area contributed by atoms with Gasteiger partial charge >= 0.3 is 0 Å². The van der Waals surface area contributed by atoms with E-state index in [0.717, 1.165) is 48.8 Å². The number of aromatic nitrogens is 2. The lowest BCUT2D eigenvalue weighted by Gasteiger charge is -2.41. The Kier molecular flexibility index (Phi) is 5.01. The molecule has 4 heterocycles. The van der Waals surface area contributed by atoms with Gasteiger partial charge in [-0.15, -0.1) is 0 Å². The van der Waals surface area contributed by atoms with Gasteiger partial charge in [-0.1, -0.05) is 29.4 Å². The molecule has 2 aromatic rings. The maximum absolute atomic E-state index is 11.6. The topological polar surface area (TPSA) is 119 Å². The highest BCUT2D eigenvalue weighted by Gasteiger charge is 2.44. The van der Waals surface area contributed by atoms with Crippen LogP contribution in [0, 0.1) is 5.41 Å². The van der Waals surface area contributed by atoms with Gasteiger partial charge < -0.3 is 26.4 Å². The predicted molar refractivity (Wildman–Crippen MR) is 117 cm³/mol. The summed E-state index contributed by atoms with van der Waals surface area (Å²) in [6, 6.07) is 3.90. The molecule has 0 bridgehead atoms. The Morgan fingerprint density at radius 1 is 1.33 bits per heavy atom. The fourth-order valence-corrected chi connectivity index (χ4v) is 5.54. The predicted octanol–water partition coefficient (Wildman–Crippen LogP) is 2.30. The zero-order valence-electron chi connectivity index (χ0n) is 16.4. The van der Waals surface area contributed by atoms with E-state index in [4.69, 9.17) is 27.8 Å². The molecule has 2 fully saturated rings. The van der Waals surface area contributed by atoms with Gasteiger partial charge in [-0.05, 0) is 24.5 Å². The summed E-state index contributed by atoms with van der Waals surface area (Å²) in [6.07, 6.45) is 4.06. The summed E-state index contributed by atoms with van der Waals surface area (Å²) in [4.78, 5) is 23.7. The molecule has 1 aromatic carbocycles. The monoisotopic (exact) mass is 446 g/mol. The fraction of sp³-hybridized carbons (Fsp3) is 0.450. The molecule has 5 rings (SSSR count). The normalized spacial score (nSPS) is 22.4. The highest BCUT2D eigenvalue weighted by molar-refractivity contribution is 7.99. The van der Waals surface area contributed by atoms with Gasteiger partial charge in [-0.25, -0.2) is 9.97 Å². The van der Waals surface area contributed by atoms with Gasteiger partial charge in [-0.3, -0.25) is 4.79 Å². The molecule has 10 heteroatoms. The number of nitrogen functional groups attached to an aromatic ring is 1. The number of carbonyl (C=O) groups is 1. The molecule has 0 aliphatic carbocycles. The van der Waals surface area contributed by atoms with Crippen molar-refractivity contribution < 1.29 is 9.53 Å². The second kappa shape index (κ2) is 7.56. The number of rotatable bonds is 3. The Balaban J connectivity index is 1.30. The van der Waals surface area contributed by atoms with Crippen LogP contribution in [-0.2, 0) is 16.0 Å². The summed E-state index contributed by atoms with van der Waals surface area (Å²) in [5, 5.41) is 3.90. The molecule has 1 aromatic heterocycles. The molecule has 1 unspecified atom stereocenters. The number of hydrogen-bond acceptors (Lipinski definition) is 8. The first-order valence-corrected chi connectivity index (χ1v) is 11.1. The molecule has 0 saturated carbocycles. The van der Waals surface area contributed by atoms with Crippen molar-refractivity contribution in [1.82, 2.24) is 9.97 Å². The lowest BCUT2D eigenvalue weighted by atomic mass is 9.75. The van der Waals surface area contributed by atoms with Crippen molar-refractivity contribution in [1.29, 1.82) is 0 Å². The Labute approximate surface area is 183 Å². The van der Waals surface area contributed by atoms with Crippen LogP contribution < -0.4 is 21.7 Å². The number of piperidine rings is 1. The number of hydrogen-bond donors (Lipinski definition) is 3. The molecule has 30 heavy (non-hydrogen) atoms. The highest BCUT2D eigenvalue weighted by Crippen LogP contribution is 2.43. The largest absolute Gasteiger partial charge is 0.381 e. The van der Waals surface area contributed by atoms with Gasteiger partial charge in [-0.2, -0.15) is 0 Å². The summed E-state index contributed by atoms with van der Waals surface area (Å²) in [5.74, 6) is 1.08. The number of nitrogens with zero attached hydrogens (tertiary/aromatic N) is 3. The molecule has 1 amide bonds. The van der Waals surface area contributed by atoms with E-state index in [1.165, 1.54) is 11.8 Å². The van der Waals surface area contributed by atoms with Crippen molar-refractivity contribution >= 4 is 46.6 Å². The molecule has 1 spiro atoms. The lowest BCUT2D eigenvalue weighted by Crippen LogP contribution is -2.49. The number of anilines is 3. The third kappa shape index (κ3) is 3.39. The van der Waals surface area contributed by atoms with Gasteiger partial charge in [0.25, 0.3) is 0 Å². The minimum absolute atomic E-state index is 0.0499. The van der Waals surface area contributed by atoms with E-state index in [2.05, 4.69) is 20.2 Å². The second-order valence-electron chi connectivity index (χ2n) is 8.13. The van der Waals surface area contributed by atoms with Gasteiger partial charge in [0.05, 0.1) is 36.5 Å². The SMILES string of the molecule is Nc1nc(N2CCC3(CC2)COCC3N)cnc1Sc1ccc2c(c1Cl)NC(=O)C2. The standard InChI is InChI=1S/C20H23ClN6O2S/c21-16-12(2-1-11-7-15(28)26-17(11)16)30-19-18(23)25-14(8-24-19)27-5-3-20(4-6-27)10-29-9-13(20)22/h1-2,8,13H,3-7,9-10,22H2,(H2,23,25)(H,26,28). The Hall–Kier alpha value is -2.07. The highest BCUT2D eigenvalue weighted by atomic mass is 35.5. The van der Waals surface area contributed by atoms with Crippen molar-refractivity contribution in [2.24, 2.45) is 11.1 Å². The number of carbonyl (C=O) groups excluding carboxylic acids is 1. The Morgan fingerprint density at radius 2 is 2.13 bits per heavy atom. The fourth-order valence-electron chi connectivity index (χ4n) is 4.40. The van der Waals surface area contributed by atoms with Gasteiger partial charge in [0.1, 0.15) is 10.8 Å². The number of benzene rings is 1. The van der Waals surface area contributed by atoms with Crippen LogP contribution in [0.25, 0.3) is 0 Å². The number of nitrogens with two attached hydrogens (primary N) is 2. The van der Waals surface area contributed by atoms with Crippen molar-refractivity contribution in [2.45, 2.75) is 35.2 Å². The van der Waals surface area contributed by atoms with E-state index in [0.29, 0.717) is 34.6 Å². The number of fused-ring (bicyclic) bond motifs is 1. The van der Waals surface area contributed by atoms with Crippen molar-refractivity contribution in [3.63, 3.8) is 0 Å². The maximum atomic E-state index is 11.6. The molecular formula is C20H23ClN6O2S. The minimum atomic E-state index is -0.0499. The van der Waals surface area contributed by atoms with E-state index in [-0.39, 0.29) is 17.4 Å². The molecule has 2 saturated heterocycles. The van der Waals surface area contributed by atoms with Crippen LogP contribution in [0.1, 0.15) is 18.4 Å². The minimum Gasteiger partial charge on any atom is -0.381 e. The van der Waals surface area contributed by atoms with Crippen LogP contribution in [0.3, 0.4) is 0 Å². The van der Waals surface area contributed by atoms with Crippen LogP contribution in [0.5, 0.6) is 0 Å². The quantitative estimate of drug-likeness (QED) is 0.657. The molecule has 8 nitrogen and oxygen atoms in total. The van der Waals surface area contributed by atoms with Crippen LogP contribution >= 0.6 is 23.4 Å². The number of halogens is 1. The smallest absolute Gasteiger partial charge is 0.228 e. The van der Waals surface area contributed by atoms with Crippen molar-refractivity contribution in [3.8, 4) is 0 Å². The molecule has 0 radical (unpaired) electrons. The summed E-state index contributed by atoms with van der Waals surface area (Å²) < 4.78 is 5.60.